The van der Waals surface area contributed by atoms with E-state index in [0.717, 1.165) is 15.6 Å². The Kier molecular flexibility index (Phi) is 8.16. The van der Waals surface area contributed by atoms with Gasteiger partial charge in [-0.2, -0.15) is 0 Å². The number of hydrogen-bond acceptors (Lipinski definition) is 3. The zero-order valence-corrected chi connectivity index (χ0v) is 19.2. The SMILES string of the molecule is Cc1cc(NC(=O)CNC(=O)CC(NC(=O)c2ccccc2)c2ccccc2)ccc1Br. The number of aryl methyl sites for hydroxylation is 1. The Balaban J connectivity index is 1.59. The van der Waals surface area contributed by atoms with E-state index in [9.17, 15) is 14.4 Å². The zero-order valence-electron chi connectivity index (χ0n) is 17.6. The van der Waals surface area contributed by atoms with E-state index in [0.29, 0.717) is 11.3 Å². The van der Waals surface area contributed by atoms with E-state index in [2.05, 4.69) is 31.9 Å². The Morgan fingerprint density at radius 3 is 2.19 bits per heavy atom. The topological polar surface area (TPSA) is 87.3 Å². The van der Waals surface area contributed by atoms with E-state index in [4.69, 9.17) is 0 Å². The summed E-state index contributed by atoms with van der Waals surface area (Å²) in [7, 11) is 0. The minimum absolute atomic E-state index is 0.00720. The standard InChI is InChI=1S/C25H24BrN3O3/c1-17-14-20(12-13-21(17)26)28-24(31)16-27-23(30)15-22(18-8-4-2-5-9-18)29-25(32)19-10-6-3-7-11-19/h2-14,22H,15-16H2,1H3,(H,27,30)(H,28,31)(H,29,32). The molecule has 3 rings (SSSR count). The van der Waals surface area contributed by atoms with Gasteiger partial charge in [0.15, 0.2) is 0 Å². The lowest BCUT2D eigenvalue weighted by atomic mass is 10.0. The summed E-state index contributed by atoms with van der Waals surface area (Å²) in [6.45, 7) is 1.76. The highest BCUT2D eigenvalue weighted by molar-refractivity contribution is 9.10. The van der Waals surface area contributed by atoms with Crippen LogP contribution in [0.25, 0.3) is 0 Å². The third-order valence-electron chi connectivity index (χ3n) is 4.82. The maximum Gasteiger partial charge on any atom is 0.251 e. The van der Waals surface area contributed by atoms with Gasteiger partial charge in [0.2, 0.25) is 11.8 Å². The first-order valence-electron chi connectivity index (χ1n) is 10.2. The second kappa shape index (κ2) is 11.2. The van der Waals surface area contributed by atoms with Crippen molar-refractivity contribution >= 4 is 39.3 Å². The van der Waals surface area contributed by atoms with Crippen LogP contribution in [0.15, 0.2) is 83.3 Å². The van der Waals surface area contributed by atoms with Crippen LogP contribution >= 0.6 is 15.9 Å². The molecule has 3 amide bonds. The van der Waals surface area contributed by atoms with Crippen LogP contribution in [0.5, 0.6) is 0 Å². The Bertz CT molecular complexity index is 1090. The molecule has 0 aliphatic rings. The summed E-state index contributed by atoms with van der Waals surface area (Å²) in [6.07, 6.45) is 0.00720. The Morgan fingerprint density at radius 2 is 1.53 bits per heavy atom. The van der Waals surface area contributed by atoms with Crippen molar-refractivity contribution in [2.45, 2.75) is 19.4 Å². The van der Waals surface area contributed by atoms with Gasteiger partial charge in [-0.15, -0.1) is 0 Å². The smallest absolute Gasteiger partial charge is 0.251 e. The van der Waals surface area contributed by atoms with Gasteiger partial charge in [-0.25, -0.2) is 0 Å². The summed E-state index contributed by atoms with van der Waals surface area (Å²) in [5.41, 5.74) is 2.97. The summed E-state index contributed by atoms with van der Waals surface area (Å²) in [6, 6.07) is 23.0. The molecule has 6 nitrogen and oxygen atoms in total. The van der Waals surface area contributed by atoms with Gasteiger partial charge < -0.3 is 16.0 Å². The minimum atomic E-state index is -0.527. The largest absolute Gasteiger partial charge is 0.347 e. The number of rotatable bonds is 8. The summed E-state index contributed by atoms with van der Waals surface area (Å²) >= 11 is 3.42. The predicted molar refractivity (Wildman–Crippen MR) is 128 cm³/mol. The molecule has 3 aromatic rings. The van der Waals surface area contributed by atoms with Crippen molar-refractivity contribution in [3.8, 4) is 0 Å². The van der Waals surface area contributed by atoms with Crippen LogP contribution in [0.4, 0.5) is 5.69 Å². The van der Waals surface area contributed by atoms with Crippen molar-refractivity contribution in [1.29, 1.82) is 0 Å². The molecule has 1 unspecified atom stereocenters. The van der Waals surface area contributed by atoms with Crippen LogP contribution in [0.2, 0.25) is 0 Å². The number of halogens is 1. The van der Waals surface area contributed by atoms with Crippen LogP contribution in [0.1, 0.15) is 33.9 Å². The molecule has 7 heteroatoms. The summed E-state index contributed by atoms with van der Waals surface area (Å²) < 4.78 is 0.952. The van der Waals surface area contributed by atoms with E-state index in [-0.39, 0.29) is 30.7 Å². The summed E-state index contributed by atoms with van der Waals surface area (Å²) in [5.74, 6) is -0.936. The number of anilines is 1. The zero-order chi connectivity index (χ0) is 22.9. The van der Waals surface area contributed by atoms with Crippen LogP contribution in [0, 0.1) is 6.92 Å². The lowest BCUT2D eigenvalue weighted by Gasteiger charge is -2.19. The van der Waals surface area contributed by atoms with Gasteiger partial charge in [-0.1, -0.05) is 64.5 Å². The molecule has 0 heterocycles. The highest BCUT2D eigenvalue weighted by Crippen LogP contribution is 2.20. The van der Waals surface area contributed by atoms with Crippen LogP contribution in [-0.2, 0) is 9.59 Å². The highest BCUT2D eigenvalue weighted by Gasteiger charge is 2.19. The van der Waals surface area contributed by atoms with E-state index in [1.807, 2.05) is 55.5 Å². The molecular weight excluding hydrogens is 470 g/mol. The van der Waals surface area contributed by atoms with Gasteiger partial charge in [-0.05, 0) is 48.4 Å². The molecule has 0 spiro atoms. The van der Waals surface area contributed by atoms with Gasteiger partial charge in [0.1, 0.15) is 0 Å². The van der Waals surface area contributed by atoms with Crippen molar-refractivity contribution < 1.29 is 14.4 Å². The first kappa shape index (κ1) is 23.2. The average Bonchev–Trinajstić information content (AvgIpc) is 2.81. The quantitative estimate of drug-likeness (QED) is 0.435. The number of benzene rings is 3. The van der Waals surface area contributed by atoms with Gasteiger partial charge in [0.25, 0.3) is 5.91 Å². The molecule has 3 aromatic carbocycles. The van der Waals surface area contributed by atoms with Gasteiger partial charge in [0.05, 0.1) is 19.0 Å². The molecule has 3 N–H and O–H groups in total. The van der Waals surface area contributed by atoms with Gasteiger partial charge in [-0.3, -0.25) is 14.4 Å². The second-order valence-corrected chi connectivity index (χ2v) is 8.15. The highest BCUT2D eigenvalue weighted by atomic mass is 79.9. The predicted octanol–water partition coefficient (Wildman–Crippen LogP) is 4.37. The lowest BCUT2D eigenvalue weighted by molar-refractivity contribution is -0.124. The van der Waals surface area contributed by atoms with E-state index >= 15 is 0 Å². The van der Waals surface area contributed by atoms with E-state index in [1.54, 1.807) is 30.3 Å². The maximum atomic E-state index is 12.6. The molecule has 1 atom stereocenters. The van der Waals surface area contributed by atoms with E-state index in [1.165, 1.54) is 0 Å². The number of nitrogens with one attached hydrogen (secondary N) is 3. The molecule has 0 aliphatic heterocycles. The summed E-state index contributed by atoms with van der Waals surface area (Å²) in [5, 5.41) is 8.30. The Morgan fingerprint density at radius 1 is 0.875 bits per heavy atom. The average molecular weight is 494 g/mol. The van der Waals surface area contributed by atoms with Crippen LogP contribution in [-0.4, -0.2) is 24.3 Å². The van der Waals surface area contributed by atoms with Crippen molar-refractivity contribution in [3.63, 3.8) is 0 Å². The molecule has 0 saturated carbocycles. The Hall–Kier alpha value is -3.45. The molecule has 0 radical (unpaired) electrons. The molecular formula is C25H24BrN3O3. The third-order valence-corrected chi connectivity index (χ3v) is 5.71. The number of carbonyl (C=O) groups excluding carboxylic acids is 3. The molecule has 0 fully saturated rings. The van der Waals surface area contributed by atoms with Crippen molar-refractivity contribution in [2.24, 2.45) is 0 Å². The van der Waals surface area contributed by atoms with Crippen molar-refractivity contribution in [3.05, 3.63) is 100 Å². The first-order chi connectivity index (χ1) is 15.4. The number of hydrogen-bond donors (Lipinski definition) is 3. The lowest BCUT2D eigenvalue weighted by Crippen LogP contribution is -2.37. The molecule has 0 saturated heterocycles. The van der Waals surface area contributed by atoms with Crippen molar-refractivity contribution in [1.82, 2.24) is 10.6 Å². The molecule has 0 aliphatic carbocycles. The van der Waals surface area contributed by atoms with Crippen molar-refractivity contribution in [2.75, 3.05) is 11.9 Å². The normalized spacial score (nSPS) is 11.3. The fourth-order valence-corrected chi connectivity index (χ4v) is 3.38. The third kappa shape index (κ3) is 6.78. The molecule has 164 valence electrons. The Labute approximate surface area is 195 Å². The fourth-order valence-electron chi connectivity index (χ4n) is 3.13. The first-order valence-corrected chi connectivity index (χ1v) is 11.0. The maximum absolute atomic E-state index is 12.6. The molecule has 32 heavy (non-hydrogen) atoms. The molecule has 0 bridgehead atoms. The van der Waals surface area contributed by atoms with Crippen LogP contribution < -0.4 is 16.0 Å². The number of carbonyl (C=O) groups is 3. The number of amides is 3. The van der Waals surface area contributed by atoms with E-state index < -0.39 is 6.04 Å². The second-order valence-electron chi connectivity index (χ2n) is 7.30. The molecule has 0 aromatic heterocycles. The van der Waals surface area contributed by atoms with Gasteiger partial charge in [0, 0.05) is 15.7 Å². The fraction of sp³-hybridized carbons (Fsp3) is 0.160. The van der Waals surface area contributed by atoms with Gasteiger partial charge >= 0.3 is 0 Å². The van der Waals surface area contributed by atoms with Crippen LogP contribution in [0.3, 0.4) is 0 Å². The minimum Gasteiger partial charge on any atom is -0.347 e. The monoisotopic (exact) mass is 493 g/mol. The summed E-state index contributed by atoms with van der Waals surface area (Å²) in [4.78, 5) is 37.4.